The highest BCUT2D eigenvalue weighted by Gasteiger charge is 2.48. The zero-order valence-electron chi connectivity index (χ0n) is 19.0. The molecule has 180 valence electrons. The summed E-state index contributed by atoms with van der Waals surface area (Å²) in [5.74, 6) is -2.16. The maximum atomic E-state index is 15.0. The fourth-order valence-electron chi connectivity index (χ4n) is 4.02. The number of halogens is 2. The lowest BCUT2D eigenvalue weighted by Crippen LogP contribution is -2.29. The molecule has 0 radical (unpaired) electrons. The van der Waals surface area contributed by atoms with Crippen LogP contribution in [0.2, 0.25) is 5.02 Å². The Labute approximate surface area is 205 Å². The molecule has 35 heavy (non-hydrogen) atoms. The molecule has 1 atom stereocenters. The van der Waals surface area contributed by atoms with E-state index in [-0.39, 0.29) is 33.2 Å². The molecular weight excluding hydrogens is 477 g/mol. The Balaban J connectivity index is 1.99. The third kappa shape index (κ3) is 4.17. The molecule has 9 heteroatoms. The zero-order valence-corrected chi connectivity index (χ0v) is 19.8. The molecule has 1 N–H and O–H groups in total. The molecule has 0 aromatic heterocycles. The van der Waals surface area contributed by atoms with E-state index in [0.29, 0.717) is 11.4 Å². The van der Waals surface area contributed by atoms with Crippen LogP contribution in [-0.2, 0) is 9.59 Å². The summed E-state index contributed by atoms with van der Waals surface area (Å²) in [5.41, 5.74) is 0.0883. The number of amides is 1. The number of rotatable bonds is 6. The molecule has 0 bridgehead atoms. The molecule has 7 nitrogen and oxygen atoms in total. The first-order chi connectivity index (χ1) is 16.8. The molecule has 1 amide bonds. The fourth-order valence-corrected chi connectivity index (χ4v) is 4.26. The molecule has 0 aliphatic carbocycles. The van der Waals surface area contributed by atoms with Crippen molar-refractivity contribution >= 4 is 34.7 Å². The van der Waals surface area contributed by atoms with Crippen LogP contribution in [0, 0.1) is 5.82 Å². The number of carbonyl (C=O) groups excluding carboxylic acids is 2. The summed E-state index contributed by atoms with van der Waals surface area (Å²) in [6.07, 6.45) is 0. The van der Waals surface area contributed by atoms with Crippen molar-refractivity contribution in [1.29, 1.82) is 0 Å². The van der Waals surface area contributed by atoms with Gasteiger partial charge in [0.1, 0.15) is 28.8 Å². The van der Waals surface area contributed by atoms with Crippen LogP contribution in [0.1, 0.15) is 17.2 Å². The molecule has 1 saturated heterocycles. The highest BCUT2D eigenvalue weighted by atomic mass is 35.5. The van der Waals surface area contributed by atoms with Crippen molar-refractivity contribution in [3.8, 4) is 17.2 Å². The van der Waals surface area contributed by atoms with Crippen molar-refractivity contribution in [3.05, 3.63) is 88.2 Å². The first kappa shape index (κ1) is 24.1. The number of ether oxygens (including phenoxy) is 3. The van der Waals surface area contributed by atoms with Crippen molar-refractivity contribution in [2.24, 2.45) is 0 Å². The first-order valence-corrected chi connectivity index (χ1v) is 10.8. The molecule has 1 aliphatic heterocycles. The van der Waals surface area contributed by atoms with Crippen LogP contribution in [0.25, 0.3) is 5.76 Å². The van der Waals surface area contributed by atoms with Gasteiger partial charge in [-0.05, 0) is 36.4 Å². The number of hydrogen-bond acceptors (Lipinski definition) is 6. The van der Waals surface area contributed by atoms with Crippen LogP contribution in [-0.4, -0.2) is 38.1 Å². The van der Waals surface area contributed by atoms with E-state index in [0.717, 1.165) is 4.90 Å². The second kappa shape index (κ2) is 9.68. The minimum absolute atomic E-state index is 0.0302. The number of ketones is 1. The first-order valence-electron chi connectivity index (χ1n) is 10.4. The van der Waals surface area contributed by atoms with Gasteiger partial charge in [0.15, 0.2) is 0 Å². The molecular formula is C26H21ClFNO6. The third-order valence-electron chi connectivity index (χ3n) is 5.72. The average molecular weight is 498 g/mol. The van der Waals surface area contributed by atoms with Gasteiger partial charge >= 0.3 is 0 Å². The summed E-state index contributed by atoms with van der Waals surface area (Å²) >= 11 is 6.26. The standard InChI is InChI=1S/C26H21ClFNO6/c1-33-15-10-8-14(9-11-15)29-23(16-6-4-5-7-19(16)28)22(25(31)26(29)32)24(30)17-12-18(27)21(35-3)13-20(17)34-2/h4-13,23,30H,1-3H3/b24-22+. The topological polar surface area (TPSA) is 85.3 Å². The van der Waals surface area contributed by atoms with Gasteiger partial charge < -0.3 is 19.3 Å². The molecule has 1 heterocycles. The summed E-state index contributed by atoms with van der Waals surface area (Å²) < 4.78 is 30.7. The molecule has 4 rings (SSSR count). The van der Waals surface area contributed by atoms with Crippen LogP contribution < -0.4 is 19.1 Å². The van der Waals surface area contributed by atoms with Crippen LogP contribution in [0.5, 0.6) is 17.2 Å². The monoisotopic (exact) mass is 497 g/mol. The molecule has 3 aromatic carbocycles. The van der Waals surface area contributed by atoms with Crippen LogP contribution in [0.3, 0.4) is 0 Å². The lowest BCUT2D eigenvalue weighted by atomic mass is 9.94. The van der Waals surface area contributed by atoms with Gasteiger partial charge in [-0.1, -0.05) is 29.8 Å². The second-order valence-electron chi connectivity index (χ2n) is 7.58. The van der Waals surface area contributed by atoms with Crippen molar-refractivity contribution < 1.29 is 33.3 Å². The normalized spacial score (nSPS) is 16.9. The Morgan fingerprint density at radius 1 is 0.943 bits per heavy atom. The highest BCUT2D eigenvalue weighted by molar-refractivity contribution is 6.51. The lowest BCUT2D eigenvalue weighted by Gasteiger charge is -2.26. The van der Waals surface area contributed by atoms with E-state index in [1.807, 2.05) is 0 Å². The Bertz CT molecular complexity index is 1340. The number of carbonyl (C=O) groups is 2. The molecule has 1 fully saturated rings. The van der Waals surface area contributed by atoms with Crippen LogP contribution >= 0.6 is 11.6 Å². The van der Waals surface area contributed by atoms with Crippen molar-refractivity contribution in [2.75, 3.05) is 26.2 Å². The summed E-state index contributed by atoms with van der Waals surface area (Å²) in [7, 11) is 4.27. The van der Waals surface area contributed by atoms with Gasteiger partial charge in [0, 0.05) is 17.3 Å². The summed E-state index contributed by atoms with van der Waals surface area (Å²) in [6, 6.07) is 13.6. The fraction of sp³-hybridized carbons (Fsp3) is 0.154. The van der Waals surface area contributed by atoms with Gasteiger partial charge in [0.2, 0.25) is 0 Å². The van der Waals surface area contributed by atoms with E-state index >= 15 is 4.39 Å². The van der Waals surface area contributed by atoms with Gasteiger partial charge in [-0.2, -0.15) is 0 Å². The van der Waals surface area contributed by atoms with Gasteiger partial charge in [0.05, 0.1) is 43.5 Å². The van der Waals surface area contributed by atoms with Gasteiger partial charge in [0.25, 0.3) is 11.7 Å². The number of nitrogens with zero attached hydrogens (tertiary/aromatic N) is 1. The van der Waals surface area contributed by atoms with E-state index in [9.17, 15) is 14.7 Å². The molecule has 0 spiro atoms. The Morgan fingerprint density at radius 3 is 2.20 bits per heavy atom. The van der Waals surface area contributed by atoms with E-state index in [1.165, 1.54) is 51.7 Å². The van der Waals surface area contributed by atoms with E-state index in [4.69, 9.17) is 25.8 Å². The molecule has 1 aliphatic rings. The maximum Gasteiger partial charge on any atom is 0.300 e. The third-order valence-corrected chi connectivity index (χ3v) is 6.02. The summed E-state index contributed by atoms with van der Waals surface area (Å²) in [6.45, 7) is 0. The summed E-state index contributed by atoms with van der Waals surface area (Å²) in [4.78, 5) is 27.6. The maximum absolute atomic E-state index is 15.0. The number of benzene rings is 3. The number of aliphatic hydroxyl groups excluding tert-OH is 1. The van der Waals surface area contributed by atoms with Crippen LogP contribution in [0.4, 0.5) is 10.1 Å². The Morgan fingerprint density at radius 2 is 1.60 bits per heavy atom. The lowest BCUT2D eigenvalue weighted by molar-refractivity contribution is -0.132. The molecule has 1 unspecified atom stereocenters. The van der Waals surface area contributed by atoms with E-state index in [2.05, 4.69) is 0 Å². The predicted octanol–water partition coefficient (Wildman–Crippen LogP) is 5.13. The molecule has 3 aromatic rings. The Hall–Kier alpha value is -4.04. The van der Waals surface area contributed by atoms with E-state index < -0.39 is 29.3 Å². The predicted molar refractivity (Wildman–Crippen MR) is 129 cm³/mol. The van der Waals surface area contributed by atoms with E-state index in [1.54, 1.807) is 30.3 Å². The van der Waals surface area contributed by atoms with Gasteiger partial charge in [-0.3, -0.25) is 14.5 Å². The number of anilines is 1. The summed E-state index contributed by atoms with van der Waals surface area (Å²) in [5, 5.41) is 11.5. The van der Waals surface area contributed by atoms with Crippen LogP contribution in [0.15, 0.2) is 66.2 Å². The van der Waals surface area contributed by atoms with Gasteiger partial charge in [-0.15, -0.1) is 0 Å². The highest BCUT2D eigenvalue weighted by Crippen LogP contribution is 2.45. The zero-order chi connectivity index (χ0) is 25.3. The second-order valence-corrected chi connectivity index (χ2v) is 7.98. The quantitative estimate of drug-likeness (QED) is 0.289. The smallest absolute Gasteiger partial charge is 0.300 e. The largest absolute Gasteiger partial charge is 0.507 e. The van der Waals surface area contributed by atoms with Crippen molar-refractivity contribution in [1.82, 2.24) is 0 Å². The number of hydrogen-bond donors (Lipinski definition) is 1. The SMILES string of the molecule is COc1ccc(N2C(=O)C(=O)/C(=C(/O)c3cc(Cl)c(OC)cc3OC)C2c2ccccc2F)cc1. The average Bonchev–Trinajstić information content (AvgIpc) is 3.13. The van der Waals surface area contributed by atoms with Gasteiger partial charge in [-0.25, -0.2) is 4.39 Å². The number of aliphatic hydroxyl groups is 1. The van der Waals surface area contributed by atoms with Crippen molar-refractivity contribution in [2.45, 2.75) is 6.04 Å². The minimum atomic E-state index is -1.25. The minimum Gasteiger partial charge on any atom is -0.507 e. The van der Waals surface area contributed by atoms with Crippen molar-refractivity contribution in [3.63, 3.8) is 0 Å². The molecule has 0 saturated carbocycles. The number of Topliss-reactive ketones (excluding diaryl/α,β-unsaturated/α-hetero) is 1. The number of methoxy groups -OCH3 is 3. The Kier molecular flexibility index (Phi) is 6.66.